The fourth-order valence-electron chi connectivity index (χ4n) is 7.81. The maximum atomic E-state index is 12.8. The van der Waals surface area contributed by atoms with Crippen LogP contribution in [-0.4, -0.2) is 37.2 Å². The topological polar surface area (TPSA) is 78.9 Å². The summed E-state index contributed by atoms with van der Waals surface area (Å²) in [4.78, 5) is 38.0. The number of carbonyl (C=O) groups is 3. The standard InChI is InChI=1S/C56H102O6/c1-4-7-10-13-16-19-22-25-27-28-30-31-34-37-40-43-46-49-55(58)61-52-53(51-60-54(57)48-45-42-39-36-33-24-21-18-15-12-9-6-3)62-56(59)50-47-44-41-38-35-32-29-26-23-20-17-14-11-8-5-2/h25,27,30-31,37,40,53H,4-24,26,28-29,32-36,38-39,41-52H2,1-3H3/b27-25-,31-30-,40-37-. The minimum absolute atomic E-state index is 0.0832. The lowest BCUT2D eigenvalue weighted by Gasteiger charge is -2.18. The summed E-state index contributed by atoms with van der Waals surface area (Å²) in [7, 11) is 0. The smallest absolute Gasteiger partial charge is 0.306 e. The molecule has 6 nitrogen and oxygen atoms in total. The number of esters is 3. The van der Waals surface area contributed by atoms with Crippen molar-refractivity contribution in [1.29, 1.82) is 0 Å². The fraction of sp³-hybridized carbons (Fsp3) is 0.839. The van der Waals surface area contributed by atoms with Crippen LogP contribution in [0.15, 0.2) is 36.5 Å². The van der Waals surface area contributed by atoms with Crippen molar-refractivity contribution >= 4 is 17.9 Å². The van der Waals surface area contributed by atoms with E-state index in [2.05, 4.69) is 57.2 Å². The van der Waals surface area contributed by atoms with Crippen LogP contribution in [0.3, 0.4) is 0 Å². The Kier molecular flexibility index (Phi) is 49.3. The largest absolute Gasteiger partial charge is 0.462 e. The number of allylic oxidation sites excluding steroid dienone is 6. The van der Waals surface area contributed by atoms with E-state index in [4.69, 9.17) is 14.2 Å². The second-order valence-electron chi connectivity index (χ2n) is 18.2. The van der Waals surface area contributed by atoms with Gasteiger partial charge in [0.2, 0.25) is 0 Å². The minimum Gasteiger partial charge on any atom is -0.462 e. The van der Waals surface area contributed by atoms with E-state index >= 15 is 0 Å². The summed E-state index contributed by atoms with van der Waals surface area (Å²) < 4.78 is 16.8. The molecule has 0 aliphatic heterocycles. The summed E-state index contributed by atoms with van der Waals surface area (Å²) in [6.07, 6.45) is 59.9. The Balaban J connectivity index is 4.41. The van der Waals surface area contributed by atoms with Gasteiger partial charge in [-0.3, -0.25) is 14.4 Å². The van der Waals surface area contributed by atoms with Crippen LogP contribution < -0.4 is 0 Å². The third-order valence-electron chi connectivity index (χ3n) is 11.9. The Bertz CT molecular complexity index is 1050. The molecule has 362 valence electrons. The molecule has 0 radical (unpaired) electrons. The third kappa shape index (κ3) is 48.7. The van der Waals surface area contributed by atoms with E-state index in [1.54, 1.807) is 0 Å². The number of hydrogen-bond donors (Lipinski definition) is 0. The summed E-state index contributed by atoms with van der Waals surface area (Å²) >= 11 is 0. The quantitative estimate of drug-likeness (QED) is 0.0262. The van der Waals surface area contributed by atoms with Gasteiger partial charge in [0, 0.05) is 19.3 Å². The van der Waals surface area contributed by atoms with Gasteiger partial charge in [-0.2, -0.15) is 0 Å². The van der Waals surface area contributed by atoms with Crippen molar-refractivity contribution in [3.8, 4) is 0 Å². The monoisotopic (exact) mass is 871 g/mol. The zero-order valence-electron chi connectivity index (χ0n) is 41.4. The van der Waals surface area contributed by atoms with Gasteiger partial charge in [0.15, 0.2) is 6.10 Å². The van der Waals surface area contributed by atoms with Crippen LogP contribution in [0.4, 0.5) is 0 Å². The molecule has 0 aromatic carbocycles. The van der Waals surface area contributed by atoms with Crippen molar-refractivity contribution in [2.75, 3.05) is 13.2 Å². The molecule has 0 N–H and O–H groups in total. The zero-order chi connectivity index (χ0) is 45.1. The van der Waals surface area contributed by atoms with Gasteiger partial charge < -0.3 is 14.2 Å². The number of carbonyl (C=O) groups excluding carboxylic acids is 3. The Labute approximate surface area is 385 Å². The molecule has 1 atom stereocenters. The van der Waals surface area contributed by atoms with Gasteiger partial charge in [0.25, 0.3) is 0 Å². The van der Waals surface area contributed by atoms with Crippen LogP contribution in [-0.2, 0) is 28.6 Å². The van der Waals surface area contributed by atoms with Crippen LogP contribution in [0.25, 0.3) is 0 Å². The minimum atomic E-state index is -0.786. The van der Waals surface area contributed by atoms with Crippen molar-refractivity contribution in [3.05, 3.63) is 36.5 Å². The van der Waals surface area contributed by atoms with Crippen molar-refractivity contribution in [1.82, 2.24) is 0 Å². The molecule has 0 heterocycles. The van der Waals surface area contributed by atoms with Crippen molar-refractivity contribution in [2.24, 2.45) is 0 Å². The molecule has 1 unspecified atom stereocenters. The highest BCUT2D eigenvalue weighted by Crippen LogP contribution is 2.16. The molecule has 62 heavy (non-hydrogen) atoms. The van der Waals surface area contributed by atoms with E-state index < -0.39 is 6.10 Å². The van der Waals surface area contributed by atoms with Crippen LogP contribution in [0.5, 0.6) is 0 Å². The Morgan fingerprint density at radius 2 is 0.597 bits per heavy atom. The first-order valence-corrected chi connectivity index (χ1v) is 27.0. The van der Waals surface area contributed by atoms with Crippen LogP contribution in [0.1, 0.15) is 284 Å². The van der Waals surface area contributed by atoms with Crippen molar-refractivity contribution in [2.45, 2.75) is 290 Å². The summed E-state index contributed by atoms with van der Waals surface area (Å²) in [5.41, 5.74) is 0. The Morgan fingerprint density at radius 3 is 0.968 bits per heavy atom. The number of ether oxygens (including phenoxy) is 3. The molecular weight excluding hydrogens is 769 g/mol. The highest BCUT2D eigenvalue weighted by molar-refractivity contribution is 5.71. The van der Waals surface area contributed by atoms with Gasteiger partial charge in [-0.25, -0.2) is 0 Å². The highest BCUT2D eigenvalue weighted by atomic mass is 16.6. The highest BCUT2D eigenvalue weighted by Gasteiger charge is 2.19. The summed E-state index contributed by atoms with van der Waals surface area (Å²) in [5, 5.41) is 0. The predicted molar refractivity (Wildman–Crippen MR) is 266 cm³/mol. The Morgan fingerprint density at radius 1 is 0.323 bits per heavy atom. The lowest BCUT2D eigenvalue weighted by Crippen LogP contribution is -2.30. The summed E-state index contributed by atoms with van der Waals surface area (Å²) in [6.45, 7) is 6.61. The van der Waals surface area contributed by atoms with Gasteiger partial charge in [-0.05, 0) is 51.4 Å². The van der Waals surface area contributed by atoms with E-state index in [-0.39, 0.29) is 31.1 Å². The van der Waals surface area contributed by atoms with Crippen molar-refractivity contribution in [3.63, 3.8) is 0 Å². The number of hydrogen-bond acceptors (Lipinski definition) is 6. The van der Waals surface area contributed by atoms with Gasteiger partial charge in [0.1, 0.15) is 13.2 Å². The van der Waals surface area contributed by atoms with E-state index in [1.165, 1.54) is 180 Å². The van der Waals surface area contributed by atoms with E-state index in [0.717, 1.165) is 57.8 Å². The molecule has 0 bridgehead atoms. The molecule has 0 fully saturated rings. The van der Waals surface area contributed by atoms with E-state index in [0.29, 0.717) is 25.7 Å². The van der Waals surface area contributed by atoms with Gasteiger partial charge in [-0.15, -0.1) is 0 Å². The molecule has 0 aliphatic rings. The summed E-state index contributed by atoms with van der Waals surface area (Å²) in [5.74, 6) is -0.924. The summed E-state index contributed by atoms with van der Waals surface area (Å²) in [6, 6.07) is 0. The van der Waals surface area contributed by atoms with Gasteiger partial charge >= 0.3 is 17.9 Å². The maximum Gasteiger partial charge on any atom is 0.306 e. The predicted octanol–water partition coefficient (Wildman–Crippen LogP) is 17.7. The number of rotatable bonds is 49. The second-order valence-corrected chi connectivity index (χ2v) is 18.2. The normalized spacial score (nSPS) is 12.2. The first-order chi connectivity index (χ1) is 30.5. The molecule has 0 aromatic rings. The molecular formula is C56H102O6. The molecule has 0 rings (SSSR count). The first kappa shape index (κ1) is 59.6. The van der Waals surface area contributed by atoms with Gasteiger partial charge in [0.05, 0.1) is 0 Å². The van der Waals surface area contributed by atoms with Crippen molar-refractivity contribution < 1.29 is 28.6 Å². The molecule has 6 heteroatoms. The SMILES string of the molecule is CCCCCCCC/C=C\C/C=C\C/C=C\CCCC(=O)OCC(COC(=O)CCCCCCCCCCCCCC)OC(=O)CCCCCCCCCCCCCCCCC. The average Bonchev–Trinajstić information content (AvgIpc) is 3.27. The third-order valence-corrected chi connectivity index (χ3v) is 11.9. The Hall–Kier alpha value is -2.37. The fourth-order valence-corrected chi connectivity index (χ4v) is 7.81. The van der Waals surface area contributed by atoms with Crippen LogP contribution in [0.2, 0.25) is 0 Å². The van der Waals surface area contributed by atoms with E-state index in [9.17, 15) is 14.4 Å². The number of unbranched alkanes of at least 4 members (excludes halogenated alkanes) is 32. The lowest BCUT2D eigenvalue weighted by molar-refractivity contribution is -0.167. The van der Waals surface area contributed by atoms with Gasteiger partial charge in [-0.1, -0.05) is 250 Å². The average molecular weight is 871 g/mol. The molecule has 0 saturated carbocycles. The van der Waals surface area contributed by atoms with E-state index in [1.807, 2.05) is 0 Å². The van der Waals surface area contributed by atoms with Crippen LogP contribution in [0, 0.1) is 0 Å². The zero-order valence-corrected chi connectivity index (χ0v) is 41.4. The van der Waals surface area contributed by atoms with Crippen LogP contribution >= 0.6 is 0 Å². The molecule has 0 spiro atoms. The molecule has 0 amide bonds. The molecule has 0 saturated heterocycles. The molecule has 0 aromatic heterocycles. The first-order valence-electron chi connectivity index (χ1n) is 27.0. The second kappa shape index (κ2) is 51.3. The molecule has 0 aliphatic carbocycles. The maximum absolute atomic E-state index is 12.8. The lowest BCUT2D eigenvalue weighted by atomic mass is 10.0.